The van der Waals surface area contributed by atoms with Crippen molar-refractivity contribution in [2.75, 3.05) is 6.61 Å². The molecule has 2 aliphatic rings. The molecular weight excluding hydrogens is 310 g/mol. The van der Waals surface area contributed by atoms with Crippen molar-refractivity contribution in [2.24, 2.45) is 23.2 Å². The third-order valence-corrected chi connectivity index (χ3v) is 6.22. The first-order valence-corrected chi connectivity index (χ1v) is 11.1. The Morgan fingerprint density at radius 3 is 2.39 bits per heavy atom. The summed E-state index contributed by atoms with van der Waals surface area (Å²) in [5, 5.41) is 9.43. The largest absolute Gasteiger partial charge is 0.477 e. The van der Waals surface area contributed by atoms with Crippen molar-refractivity contribution >= 4 is 20.9 Å². The highest BCUT2D eigenvalue weighted by atomic mass is 28.3. The van der Waals surface area contributed by atoms with Gasteiger partial charge in [-0.3, -0.25) is 4.79 Å². The highest BCUT2D eigenvalue weighted by molar-refractivity contribution is 6.48. The molecular formula is C17H29NO4Si. The molecule has 6 heteroatoms. The van der Waals surface area contributed by atoms with E-state index in [0.717, 1.165) is 5.57 Å². The quantitative estimate of drug-likeness (QED) is 0.617. The Balaban J connectivity index is 2.28. The topological polar surface area (TPSA) is 66.8 Å². The van der Waals surface area contributed by atoms with Crippen molar-refractivity contribution in [1.29, 1.82) is 0 Å². The maximum atomic E-state index is 12.8. The van der Waals surface area contributed by atoms with Gasteiger partial charge in [0.15, 0.2) is 9.04 Å². The zero-order valence-corrected chi connectivity index (χ0v) is 16.4. The molecule has 0 radical (unpaired) electrons. The SMILES string of the molecule is CC1=C(C(=O)O)N2C(=O)C([C@@H](CO[SiH](C)C)C(C)(C)C)C2C1C. The number of carboxylic acids is 1. The van der Waals surface area contributed by atoms with E-state index in [0.29, 0.717) is 6.61 Å². The highest BCUT2D eigenvalue weighted by Gasteiger charge is 2.61. The normalized spacial score (nSPS) is 29.0. The fourth-order valence-corrected chi connectivity index (χ4v) is 4.45. The van der Waals surface area contributed by atoms with Crippen molar-refractivity contribution in [1.82, 2.24) is 4.90 Å². The average Bonchev–Trinajstić information content (AvgIpc) is 2.63. The number of carbonyl (C=O) groups is 2. The molecule has 0 aromatic carbocycles. The van der Waals surface area contributed by atoms with Crippen LogP contribution in [0.4, 0.5) is 0 Å². The molecule has 130 valence electrons. The fourth-order valence-electron chi connectivity index (χ4n) is 3.86. The van der Waals surface area contributed by atoms with Gasteiger partial charge in [-0.1, -0.05) is 27.7 Å². The van der Waals surface area contributed by atoms with Crippen molar-refractivity contribution in [3.8, 4) is 0 Å². The molecule has 0 bridgehead atoms. The summed E-state index contributed by atoms with van der Waals surface area (Å²) in [5.41, 5.74) is 0.940. The zero-order valence-electron chi connectivity index (χ0n) is 15.2. The van der Waals surface area contributed by atoms with Crippen LogP contribution < -0.4 is 0 Å². The molecule has 2 rings (SSSR count). The maximum absolute atomic E-state index is 12.8. The van der Waals surface area contributed by atoms with E-state index in [-0.39, 0.29) is 40.8 Å². The number of β-lactam (4-membered cyclic amide) rings is 1. The lowest BCUT2D eigenvalue weighted by molar-refractivity contribution is -0.164. The molecule has 3 unspecified atom stereocenters. The summed E-state index contributed by atoms with van der Waals surface area (Å²) in [6.45, 7) is 15.1. The molecule has 1 fully saturated rings. The van der Waals surface area contributed by atoms with E-state index in [1.54, 1.807) is 0 Å². The lowest BCUT2D eigenvalue weighted by atomic mass is 9.65. The number of carboxylic acid groups (broad SMARTS) is 1. The second-order valence-electron chi connectivity index (χ2n) is 8.20. The summed E-state index contributed by atoms with van der Waals surface area (Å²) in [4.78, 5) is 25.8. The molecule has 2 heterocycles. The van der Waals surface area contributed by atoms with Gasteiger partial charge in [-0.05, 0) is 36.9 Å². The molecule has 0 aromatic rings. The molecule has 0 aromatic heterocycles. The van der Waals surface area contributed by atoms with Crippen molar-refractivity contribution < 1.29 is 19.1 Å². The van der Waals surface area contributed by atoms with Gasteiger partial charge >= 0.3 is 5.97 Å². The average molecular weight is 340 g/mol. The van der Waals surface area contributed by atoms with Gasteiger partial charge < -0.3 is 14.4 Å². The van der Waals surface area contributed by atoms with Crippen molar-refractivity contribution in [3.63, 3.8) is 0 Å². The van der Waals surface area contributed by atoms with E-state index in [9.17, 15) is 14.7 Å². The van der Waals surface area contributed by atoms with E-state index in [4.69, 9.17) is 4.43 Å². The number of fused-ring (bicyclic) bond motifs is 1. The number of hydrogen-bond donors (Lipinski definition) is 1. The molecule has 1 saturated heterocycles. The predicted octanol–water partition coefficient (Wildman–Crippen LogP) is 2.48. The van der Waals surface area contributed by atoms with E-state index < -0.39 is 15.0 Å². The number of carbonyl (C=O) groups excluding carboxylic acids is 1. The van der Waals surface area contributed by atoms with E-state index in [1.165, 1.54) is 4.90 Å². The number of amides is 1. The first kappa shape index (κ1) is 18.2. The highest BCUT2D eigenvalue weighted by Crippen LogP contribution is 2.51. The van der Waals surface area contributed by atoms with Crippen LogP contribution in [0.5, 0.6) is 0 Å². The van der Waals surface area contributed by atoms with Crippen LogP contribution in [0.15, 0.2) is 11.3 Å². The third kappa shape index (κ3) is 2.98. The Labute approximate surface area is 140 Å². The monoisotopic (exact) mass is 339 g/mol. The van der Waals surface area contributed by atoms with Gasteiger partial charge in [0, 0.05) is 12.5 Å². The minimum Gasteiger partial charge on any atom is -0.477 e. The van der Waals surface area contributed by atoms with Crippen LogP contribution in [0.1, 0.15) is 34.6 Å². The Hall–Kier alpha value is -1.14. The standard InChI is InChI=1S/C17H29NO4Si/c1-9-10(2)14(16(20)21)18-13(9)12(15(18)19)11(17(3,4)5)8-22-23(6)7/h9,11-13,23H,8H2,1-7H3,(H,20,21)/t9?,11-,12?,13?/m1/s1. The predicted molar refractivity (Wildman–Crippen MR) is 91.4 cm³/mol. The van der Waals surface area contributed by atoms with E-state index >= 15 is 0 Å². The molecule has 4 atom stereocenters. The molecule has 23 heavy (non-hydrogen) atoms. The number of nitrogens with zero attached hydrogens (tertiary/aromatic N) is 1. The first-order chi connectivity index (χ1) is 10.5. The Morgan fingerprint density at radius 1 is 1.39 bits per heavy atom. The number of rotatable bonds is 5. The van der Waals surface area contributed by atoms with Gasteiger partial charge in [0.05, 0.1) is 12.0 Å². The van der Waals surface area contributed by atoms with Crippen LogP contribution in [-0.4, -0.2) is 43.6 Å². The molecule has 1 N–H and O–H groups in total. The van der Waals surface area contributed by atoms with Gasteiger partial charge in [0.1, 0.15) is 5.70 Å². The first-order valence-electron chi connectivity index (χ1n) is 8.37. The van der Waals surface area contributed by atoms with Crippen LogP contribution in [0, 0.1) is 23.2 Å². The smallest absolute Gasteiger partial charge is 0.352 e. The molecule has 1 amide bonds. The summed E-state index contributed by atoms with van der Waals surface area (Å²) in [5.74, 6) is -1.00. The van der Waals surface area contributed by atoms with Crippen molar-refractivity contribution in [2.45, 2.75) is 53.8 Å². The molecule has 0 aliphatic carbocycles. The van der Waals surface area contributed by atoms with Crippen LogP contribution in [0.25, 0.3) is 0 Å². The summed E-state index contributed by atoms with van der Waals surface area (Å²) in [7, 11) is -1.16. The number of aliphatic carboxylic acids is 1. The Bertz CT molecular complexity index is 549. The molecule has 0 spiro atoms. The summed E-state index contributed by atoms with van der Waals surface area (Å²) in [6.07, 6.45) is 0. The van der Waals surface area contributed by atoms with Gasteiger partial charge in [0.2, 0.25) is 5.91 Å². The lowest BCUT2D eigenvalue weighted by Gasteiger charge is -2.51. The Kier molecular flexibility index (Phi) is 4.79. The van der Waals surface area contributed by atoms with Gasteiger partial charge in [-0.15, -0.1) is 0 Å². The second-order valence-corrected chi connectivity index (χ2v) is 10.6. The van der Waals surface area contributed by atoms with Crippen LogP contribution in [-0.2, 0) is 14.0 Å². The summed E-state index contributed by atoms with van der Waals surface area (Å²) in [6, 6.07) is -0.0322. The minimum absolute atomic E-state index is 0.0322. The second kappa shape index (κ2) is 6.05. The molecule has 0 saturated carbocycles. The third-order valence-electron chi connectivity index (χ3n) is 5.36. The lowest BCUT2D eigenvalue weighted by Crippen LogP contribution is -2.64. The van der Waals surface area contributed by atoms with Gasteiger partial charge in [-0.25, -0.2) is 4.79 Å². The van der Waals surface area contributed by atoms with Gasteiger partial charge in [0.25, 0.3) is 0 Å². The summed E-state index contributed by atoms with van der Waals surface area (Å²) >= 11 is 0. The van der Waals surface area contributed by atoms with E-state index in [1.807, 2.05) is 13.8 Å². The summed E-state index contributed by atoms with van der Waals surface area (Å²) < 4.78 is 5.96. The molecule has 5 nitrogen and oxygen atoms in total. The zero-order chi connectivity index (χ0) is 17.7. The molecule has 2 aliphatic heterocycles. The minimum atomic E-state index is -1.16. The van der Waals surface area contributed by atoms with Crippen LogP contribution in [0.3, 0.4) is 0 Å². The number of hydrogen-bond acceptors (Lipinski definition) is 3. The fraction of sp³-hybridized carbons (Fsp3) is 0.765. The van der Waals surface area contributed by atoms with Crippen molar-refractivity contribution in [3.05, 3.63) is 11.3 Å². The van der Waals surface area contributed by atoms with E-state index in [2.05, 4.69) is 33.9 Å². The Morgan fingerprint density at radius 2 is 1.96 bits per heavy atom. The van der Waals surface area contributed by atoms with Crippen LogP contribution in [0.2, 0.25) is 13.1 Å². The maximum Gasteiger partial charge on any atom is 0.352 e. The van der Waals surface area contributed by atoms with Crippen LogP contribution >= 0.6 is 0 Å². The van der Waals surface area contributed by atoms with Gasteiger partial charge in [-0.2, -0.15) is 0 Å².